The van der Waals surface area contributed by atoms with Crippen LogP contribution in [0.15, 0.2) is 66.1 Å². The van der Waals surface area contributed by atoms with Gasteiger partial charge >= 0.3 is 0 Å². The Hall–Kier alpha value is -2.61. The van der Waals surface area contributed by atoms with Crippen LogP contribution >= 0.6 is 11.6 Å². The predicted octanol–water partition coefficient (Wildman–Crippen LogP) is 7.54. The van der Waals surface area contributed by atoms with Gasteiger partial charge in [-0.2, -0.15) is 10.6 Å². The van der Waals surface area contributed by atoms with Crippen LogP contribution in [-0.2, 0) is 31.4 Å². The van der Waals surface area contributed by atoms with E-state index < -0.39 is 16.5 Å². The van der Waals surface area contributed by atoms with Crippen molar-refractivity contribution in [2.24, 2.45) is 22.1 Å². The maximum Gasteiger partial charge on any atom is 0.254 e. The van der Waals surface area contributed by atoms with E-state index in [0.29, 0.717) is 29.8 Å². The molecule has 226 valence electrons. The van der Waals surface area contributed by atoms with E-state index in [2.05, 4.69) is 34.6 Å². The molecule has 1 amide bonds. The topological polar surface area (TPSA) is 68.2 Å². The van der Waals surface area contributed by atoms with Gasteiger partial charge < -0.3 is 22.9 Å². The predicted molar refractivity (Wildman–Crippen MR) is 171 cm³/mol. The molecule has 42 heavy (non-hydrogen) atoms. The van der Waals surface area contributed by atoms with Gasteiger partial charge in [-0.3, -0.25) is 4.79 Å². The maximum absolute atomic E-state index is 13.2. The molecule has 0 N–H and O–H groups in total. The van der Waals surface area contributed by atoms with Crippen LogP contribution in [0.25, 0.3) is 0 Å². The normalized spacial score (nSPS) is 25.3. The second-order valence-corrected chi connectivity index (χ2v) is 13.8. The molecule has 1 fully saturated rings. The molecule has 2 aliphatic carbocycles. The van der Waals surface area contributed by atoms with Gasteiger partial charge in [-0.25, -0.2) is 0 Å². The third kappa shape index (κ3) is 6.48. The number of anilines is 1. The molecule has 6 nitrogen and oxygen atoms in total. The number of hydrogen-bond donors (Lipinski definition) is 0. The average molecular weight is 610 g/mol. The molecule has 5 atom stereocenters. The number of ether oxygens (including phenoxy) is 2. The fraction of sp³-hybridized carbons (Fsp3) is 0.500. The van der Waals surface area contributed by atoms with Gasteiger partial charge in [0.05, 0.1) is 18.4 Å². The molecule has 0 bridgehead atoms. The molecular weight excluding hydrogens is 568 g/mol. The van der Waals surface area contributed by atoms with Crippen LogP contribution in [0.3, 0.4) is 0 Å². The molecule has 0 unspecified atom stereocenters. The van der Waals surface area contributed by atoms with Crippen molar-refractivity contribution in [3.05, 3.63) is 83.4 Å². The van der Waals surface area contributed by atoms with Crippen molar-refractivity contribution in [2.75, 3.05) is 37.5 Å². The van der Waals surface area contributed by atoms with Crippen molar-refractivity contribution in [1.29, 1.82) is 0 Å². The Morgan fingerprint density at radius 3 is 2.83 bits per heavy atom. The first-order valence-corrected chi connectivity index (χ1v) is 16.6. The van der Waals surface area contributed by atoms with Crippen molar-refractivity contribution in [3.63, 3.8) is 0 Å². The van der Waals surface area contributed by atoms with Gasteiger partial charge in [-0.1, -0.05) is 48.4 Å². The SMILES string of the molecule is C=CC[C@H](C)C[S-](=O)=NC(=O)c1ccc2c(c1)N(C[C@@H]1CC[C@H]1[C@H](C=C)OC)C[C@@]1(CCCc3cc(Cl)ccc31)CO2. The molecule has 5 rings (SSSR count). The molecule has 1 heterocycles. The van der Waals surface area contributed by atoms with E-state index in [1.807, 2.05) is 31.2 Å². The Bertz CT molecular complexity index is 1420. The van der Waals surface area contributed by atoms with Crippen LogP contribution in [-0.4, -0.2) is 44.6 Å². The second-order valence-electron chi connectivity index (χ2n) is 12.2. The van der Waals surface area contributed by atoms with Crippen molar-refractivity contribution in [1.82, 2.24) is 0 Å². The van der Waals surface area contributed by atoms with Gasteiger partial charge in [0.15, 0.2) is 0 Å². The molecule has 2 aromatic rings. The van der Waals surface area contributed by atoms with Crippen LogP contribution in [0.1, 0.15) is 60.5 Å². The third-order valence-corrected chi connectivity index (χ3v) is 10.8. The number of carbonyl (C=O) groups is 1. The van der Waals surface area contributed by atoms with E-state index in [0.717, 1.165) is 68.1 Å². The minimum atomic E-state index is -1.60. The summed E-state index contributed by atoms with van der Waals surface area (Å²) in [5, 5.41) is 0.760. The molecule has 0 saturated heterocycles. The minimum Gasteiger partial charge on any atom is -0.490 e. The summed E-state index contributed by atoms with van der Waals surface area (Å²) in [7, 11) is 0.152. The highest BCUT2D eigenvalue weighted by Crippen LogP contribution is 2.47. The smallest absolute Gasteiger partial charge is 0.254 e. The Morgan fingerprint density at radius 1 is 1.29 bits per heavy atom. The van der Waals surface area contributed by atoms with Gasteiger partial charge in [0.25, 0.3) is 5.91 Å². The number of halogens is 1. The molecule has 8 heteroatoms. The molecule has 3 aliphatic rings. The van der Waals surface area contributed by atoms with Crippen LogP contribution in [0.2, 0.25) is 5.02 Å². The highest BCUT2D eigenvalue weighted by molar-refractivity contribution is 7.75. The lowest BCUT2D eigenvalue weighted by Crippen LogP contribution is -2.49. The summed E-state index contributed by atoms with van der Waals surface area (Å²) in [5.74, 6) is 1.58. The van der Waals surface area contributed by atoms with Crippen LogP contribution in [0.5, 0.6) is 5.75 Å². The Kier molecular flexibility index (Phi) is 9.81. The number of fused-ring (bicyclic) bond motifs is 3. The number of rotatable bonds is 10. The van der Waals surface area contributed by atoms with E-state index in [1.165, 1.54) is 11.1 Å². The number of methoxy groups -OCH3 is 1. The van der Waals surface area contributed by atoms with Gasteiger partial charge in [-0.15, -0.1) is 13.2 Å². The van der Waals surface area contributed by atoms with Gasteiger partial charge in [0.1, 0.15) is 5.75 Å². The molecular formula is C34H42ClN2O4S-. The number of hydrogen-bond acceptors (Lipinski definition) is 6. The molecule has 1 aliphatic heterocycles. The van der Waals surface area contributed by atoms with Gasteiger partial charge in [-0.05, 0) is 91.8 Å². The monoisotopic (exact) mass is 609 g/mol. The third-order valence-electron chi connectivity index (χ3n) is 9.32. The van der Waals surface area contributed by atoms with Crippen LogP contribution < -0.4 is 9.64 Å². The Labute approximate surface area is 257 Å². The zero-order valence-corrected chi connectivity index (χ0v) is 26.3. The minimum absolute atomic E-state index is 0.0168. The number of aryl methyl sites for hydroxylation is 1. The van der Waals surface area contributed by atoms with Crippen molar-refractivity contribution >= 4 is 33.8 Å². The number of amides is 1. The summed E-state index contributed by atoms with van der Waals surface area (Å²) in [4.78, 5) is 15.6. The highest BCUT2D eigenvalue weighted by atomic mass is 35.5. The van der Waals surface area contributed by atoms with E-state index in [1.54, 1.807) is 19.3 Å². The summed E-state index contributed by atoms with van der Waals surface area (Å²) >= 11 is 6.40. The van der Waals surface area contributed by atoms with E-state index in [4.69, 9.17) is 21.1 Å². The fourth-order valence-electron chi connectivity index (χ4n) is 7.01. The zero-order chi connectivity index (χ0) is 29.9. The lowest BCUT2D eigenvalue weighted by Gasteiger charge is -2.46. The first-order valence-electron chi connectivity index (χ1n) is 15.0. The molecule has 1 spiro atoms. The summed E-state index contributed by atoms with van der Waals surface area (Å²) in [5.41, 5.74) is 3.70. The quantitative estimate of drug-likeness (QED) is 0.206. The van der Waals surface area contributed by atoms with E-state index in [9.17, 15) is 9.00 Å². The number of nitrogens with zero attached hydrogens (tertiary/aromatic N) is 2. The Balaban J connectivity index is 1.49. The largest absolute Gasteiger partial charge is 0.490 e. The molecule has 0 aromatic heterocycles. The van der Waals surface area contributed by atoms with Crippen molar-refractivity contribution < 1.29 is 18.5 Å². The lowest BCUT2D eigenvalue weighted by atomic mass is 9.68. The van der Waals surface area contributed by atoms with E-state index in [-0.39, 0.29) is 17.4 Å². The zero-order valence-electron chi connectivity index (χ0n) is 24.7. The maximum atomic E-state index is 13.2. The Morgan fingerprint density at radius 2 is 2.12 bits per heavy atom. The summed E-state index contributed by atoms with van der Waals surface area (Å²) in [6.07, 6.45) is 9.75. The van der Waals surface area contributed by atoms with Crippen molar-refractivity contribution in [3.8, 4) is 5.75 Å². The number of benzene rings is 2. The fourth-order valence-corrected chi connectivity index (χ4v) is 8.19. The first kappa shape index (κ1) is 30.8. The van der Waals surface area contributed by atoms with Crippen LogP contribution in [0.4, 0.5) is 5.69 Å². The first-order chi connectivity index (χ1) is 20.3. The summed E-state index contributed by atoms with van der Waals surface area (Å²) in [6, 6.07) is 11.8. The summed E-state index contributed by atoms with van der Waals surface area (Å²) in [6.45, 7) is 11.9. The molecule has 1 saturated carbocycles. The second kappa shape index (κ2) is 13.4. The standard InChI is InChI=1S/C34H42ClN2O4S/c1-5-8-23(3)20-42(39)36-33(38)25-11-15-32-30(18-25)37(19-26-10-13-28(26)31(6-2)40-4)21-34(22-41-32)16-7-9-24-17-27(35)12-14-29(24)34/h5-6,11-12,14-15,17-18,23,26,28,31H,1-2,7-10,13,16,19-22H2,3-4H3/q-1/t23-,26-,28+,31-,34-/m0/s1. The average Bonchev–Trinajstić information content (AvgIpc) is 3.10. The highest BCUT2D eigenvalue weighted by Gasteiger charge is 2.44. The van der Waals surface area contributed by atoms with Crippen LogP contribution in [0, 0.1) is 17.8 Å². The molecule has 2 aromatic carbocycles. The summed E-state index contributed by atoms with van der Waals surface area (Å²) < 4.78 is 29.0. The van der Waals surface area contributed by atoms with E-state index >= 15 is 0 Å². The van der Waals surface area contributed by atoms with Gasteiger partial charge in [0.2, 0.25) is 0 Å². The lowest BCUT2D eigenvalue weighted by molar-refractivity contribution is 0.0135. The number of allylic oxidation sites excluding steroid dienone is 1. The van der Waals surface area contributed by atoms with Gasteiger partial charge in [0, 0.05) is 36.2 Å². The number of carbonyl (C=O) groups excluding carboxylic acids is 1. The van der Waals surface area contributed by atoms with Crippen molar-refractivity contribution in [2.45, 2.75) is 57.0 Å². The molecule has 0 radical (unpaired) electrons.